The van der Waals surface area contributed by atoms with Gasteiger partial charge < -0.3 is 5.32 Å². The molecule has 2 heterocycles. The Morgan fingerprint density at radius 3 is 2.73 bits per heavy atom. The Morgan fingerprint density at radius 1 is 1.27 bits per heavy atom. The molecule has 1 aromatic carbocycles. The van der Waals surface area contributed by atoms with E-state index in [4.69, 9.17) is 0 Å². The number of anilines is 1. The van der Waals surface area contributed by atoms with Crippen LogP contribution >= 0.6 is 11.3 Å². The second-order valence-corrected chi connectivity index (χ2v) is 5.97. The smallest absolute Gasteiger partial charge is 0.231 e. The first-order chi connectivity index (χ1) is 10.6. The highest BCUT2D eigenvalue weighted by atomic mass is 32.1. The van der Waals surface area contributed by atoms with Gasteiger partial charge in [-0.1, -0.05) is 29.8 Å². The van der Waals surface area contributed by atoms with Crippen molar-refractivity contribution in [2.24, 2.45) is 7.05 Å². The molecular weight excluding hydrogens is 296 g/mol. The summed E-state index contributed by atoms with van der Waals surface area (Å²) in [6.45, 7) is 2.05. The lowest BCUT2D eigenvalue weighted by Gasteiger charge is -1.99. The molecule has 0 aliphatic carbocycles. The number of aromatic nitrogens is 3. The van der Waals surface area contributed by atoms with Crippen LogP contribution in [0.15, 0.2) is 41.9 Å². The summed E-state index contributed by atoms with van der Waals surface area (Å²) in [7, 11) is 1.81. The number of carbonyl (C=O) groups is 1. The molecule has 0 saturated carbocycles. The quantitative estimate of drug-likeness (QED) is 0.805. The van der Waals surface area contributed by atoms with E-state index in [2.05, 4.69) is 34.5 Å². The van der Waals surface area contributed by atoms with E-state index in [0.29, 0.717) is 5.82 Å². The fraction of sp³-hybridized carbons (Fsp3) is 0.188. The molecule has 6 heteroatoms. The van der Waals surface area contributed by atoms with Gasteiger partial charge in [-0.15, -0.1) is 11.3 Å². The van der Waals surface area contributed by atoms with Crippen LogP contribution in [-0.2, 0) is 18.3 Å². The third kappa shape index (κ3) is 3.40. The minimum absolute atomic E-state index is 0.112. The lowest BCUT2D eigenvalue weighted by Crippen LogP contribution is -2.15. The molecule has 0 aliphatic rings. The van der Waals surface area contributed by atoms with Crippen molar-refractivity contribution < 1.29 is 4.79 Å². The first-order valence-corrected chi connectivity index (χ1v) is 7.79. The number of hydrogen-bond donors (Lipinski definition) is 1. The van der Waals surface area contributed by atoms with Crippen molar-refractivity contribution in [3.63, 3.8) is 0 Å². The van der Waals surface area contributed by atoms with Gasteiger partial charge in [0.25, 0.3) is 0 Å². The molecule has 0 spiro atoms. The highest BCUT2D eigenvalue weighted by Crippen LogP contribution is 2.24. The van der Waals surface area contributed by atoms with Crippen LogP contribution in [0, 0.1) is 6.92 Å². The molecule has 0 aliphatic heterocycles. The SMILES string of the molecule is Cc1ccc(-c2nc(CC(=O)Nc3ccn(C)n3)cs2)cc1. The van der Waals surface area contributed by atoms with Crippen LogP contribution < -0.4 is 5.32 Å². The van der Waals surface area contributed by atoms with Gasteiger partial charge in [-0.25, -0.2) is 4.98 Å². The van der Waals surface area contributed by atoms with Gasteiger partial charge in [-0.3, -0.25) is 9.48 Å². The Balaban J connectivity index is 1.66. The van der Waals surface area contributed by atoms with Gasteiger partial charge in [-0.2, -0.15) is 5.10 Å². The van der Waals surface area contributed by atoms with Gasteiger partial charge in [0, 0.05) is 30.3 Å². The Labute approximate surface area is 132 Å². The van der Waals surface area contributed by atoms with E-state index in [1.54, 1.807) is 28.3 Å². The van der Waals surface area contributed by atoms with Crippen molar-refractivity contribution in [3.8, 4) is 10.6 Å². The van der Waals surface area contributed by atoms with E-state index in [9.17, 15) is 4.79 Å². The molecule has 1 N–H and O–H groups in total. The molecule has 5 nitrogen and oxygen atoms in total. The maximum Gasteiger partial charge on any atom is 0.231 e. The monoisotopic (exact) mass is 312 g/mol. The number of rotatable bonds is 4. The molecule has 3 aromatic rings. The minimum Gasteiger partial charge on any atom is -0.309 e. The lowest BCUT2D eigenvalue weighted by molar-refractivity contribution is -0.115. The molecule has 1 amide bonds. The van der Waals surface area contributed by atoms with Crippen LogP contribution in [-0.4, -0.2) is 20.7 Å². The van der Waals surface area contributed by atoms with Gasteiger partial charge in [-0.05, 0) is 6.92 Å². The summed E-state index contributed by atoms with van der Waals surface area (Å²) in [6, 6.07) is 9.98. The van der Waals surface area contributed by atoms with E-state index in [1.807, 2.05) is 24.6 Å². The normalized spacial score (nSPS) is 10.6. The number of hydrogen-bond acceptors (Lipinski definition) is 4. The molecular formula is C16H16N4OS. The summed E-state index contributed by atoms with van der Waals surface area (Å²) < 4.78 is 1.65. The second kappa shape index (κ2) is 6.11. The van der Waals surface area contributed by atoms with Gasteiger partial charge in [0.1, 0.15) is 5.01 Å². The highest BCUT2D eigenvalue weighted by molar-refractivity contribution is 7.13. The topological polar surface area (TPSA) is 59.8 Å². The van der Waals surface area contributed by atoms with E-state index in [0.717, 1.165) is 16.3 Å². The molecule has 0 radical (unpaired) electrons. The zero-order valence-corrected chi connectivity index (χ0v) is 13.2. The molecule has 0 saturated heterocycles. The molecule has 3 rings (SSSR count). The van der Waals surface area contributed by atoms with E-state index >= 15 is 0 Å². The molecule has 0 unspecified atom stereocenters. The van der Waals surface area contributed by atoms with E-state index in [-0.39, 0.29) is 12.3 Å². The fourth-order valence-electron chi connectivity index (χ4n) is 2.05. The molecule has 0 atom stereocenters. The standard InChI is InChI=1S/C16H16N4OS/c1-11-3-5-12(6-4-11)16-17-13(10-22-16)9-15(21)18-14-7-8-20(2)19-14/h3-8,10H,9H2,1-2H3,(H,18,19,21). The zero-order valence-electron chi connectivity index (χ0n) is 12.4. The molecule has 2 aromatic heterocycles. The van der Waals surface area contributed by atoms with Gasteiger partial charge in [0.15, 0.2) is 5.82 Å². The third-order valence-electron chi connectivity index (χ3n) is 3.17. The first kappa shape index (κ1) is 14.5. The van der Waals surface area contributed by atoms with Crippen molar-refractivity contribution in [1.29, 1.82) is 0 Å². The third-order valence-corrected chi connectivity index (χ3v) is 4.11. The second-order valence-electron chi connectivity index (χ2n) is 5.11. The van der Waals surface area contributed by atoms with Gasteiger partial charge >= 0.3 is 0 Å². The van der Waals surface area contributed by atoms with E-state index < -0.39 is 0 Å². The van der Waals surface area contributed by atoms with Crippen LogP contribution in [0.3, 0.4) is 0 Å². The van der Waals surface area contributed by atoms with Crippen LogP contribution in [0.4, 0.5) is 5.82 Å². The Kier molecular flexibility index (Phi) is 4.02. The van der Waals surface area contributed by atoms with Crippen molar-refractivity contribution in [3.05, 3.63) is 53.2 Å². The highest BCUT2D eigenvalue weighted by Gasteiger charge is 2.10. The number of aryl methyl sites for hydroxylation is 2. The van der Waals surface area contributed by atoms with Gasteiger partial charge in [0.2, 0.25) is 5.91 Å². The van der Waals surface area contributed by atoms with E-state index in [1.165, 1.54) is 5.56 Å². The summed E-state index contributed by atoms with van der Waals surface area (Å²) in [5, 5.41) is 9.74. The number of nitrogens with zero attached hydrogens (tertiary/aromatic N) is 3. The van der Waals surface area contributed by atoms with Crippen LogP contribution in [0.1, 0.15) is 11.3 Å². The molecule has 0 fully saturated rings. The number of carbonyl (C=O) groups excluding carboxylic acids is 1. The summed E-state index contributed by atoms with van der Waals surface area (Å²) in [4.78, 5) is 16.5. The Morgan fingerprint density at radius 2 is 2.05 bits per heavy atom. The minimum atomic E-state index is -0.112. The summed E-state index contributed by atoms with van der Waals surface area (Å²) in [5.41, 5.74) is 3.07. The molecule has 0 bridgehead atoms. The number of thiazole rings is 1. The Hall–Kier alpha value is -2.47. The number of nitrogens with one attached hydrogen (secondary N) is 1. The van der Waals surface area contributed by atoms with Crippen molar-refractivity contribution in [2.45, 2.75) is 13.3 Å². The van der Waals surface area contributed by atoms with Crippen LogP contribution in [0.25, 0.3) is 10.6 Å². The van der Waals surface area contributed by atoms with Gasteiger partial charge in [0.05, 0.1) is 12.1 Å². The van der Waals surface area contributed by atoms with Crippen molar-refractivity contribution >= 4 is 23.1 Å². The number of amides is 1. The average Bonchev–Trinajstić information content (AvgIpc) is 3.09. The predicted octanol–water partition coefficient (Wildman–Crippen LogP) is 3.03. The maximum atomic E-state index is 12.0. The molecule has 112 valence electrons. The maximum absolute atomic E-state index is 12.0. The number of benzene rings is 1. The predicted molar refractivity (Wildman–Crippen MR) is 87.8 cm³/mol. The Bertz CT molecular complexity index is 789. The van der Waals surface area contributed by atoms with Crippen molar-refractivity contribution in [1.82, 2.24) is 14.8 Å². The summed E-state index contributed by atoms with van der Waals surface area (Å²) in [6.07, 6.45) is 2.03. The summed E-state index contributed by atoms with van der Waals surface area (Å²) in [5.74, 6) is 0.445. The first-order valence-electron chi connectivity index (χ1n) is 6.91. The van der Waals surface area contributed by atoms with Crippen LogP contribution in [0.5, 0.6) is 0 Å². The fourth-order valence-corrected chi connectivity index (χ4v) is 2.88. The lowest BCUT2D eigenvalue weighted by atomic mass is 10.2. The van der Waals surface area contributed by atoms with Crippen LogP contribution in [0.2, 0.25) is 0 Å². The van der Waals surface area contributed by atoms with Crippen molar-refractivity contribution in [2.75, 3.05) is 5.32 Å². The largest absolute Gasteiger partial charge is 0.309 e. The molecule has 22 heavy (non-hydrogen) atoms. The summed E-state index contributed by atoms with van der Waals surface area (Å²) >= 11 is 1.55. The zero-order chi connectivity index (χ0) is 15.5. The average molecular weight is 312 g/mol.